The second kappa shape index (κ2) is 12.0. The van der Waals surface area contributed by atoms with Crippen LogP contribution < -0.4 is 0 Å². The number of hydrogen-bond acceptors (Lipinski definition) is 7. The number of rotatable bonds is 12. The van der Waals surface area contributed by atoms with E-state index in [4.69, 9.17) is 29.5 Å². The van der Waals surface area contributed by atoms with Gasteiger partial charge in [0.05, 0.1) is 0 Å². The largest absolute Gasteiger partial charge is 0.479 e. The van der Waals surface area contributed by atoms with Crippen molar-refractivity contribution in [1.82, 2.24) is 4.90 Å². The second-order valence-electron chi connectivity index (χ2n) is 5.59. The Morgan fingerprint density at radius 3 is 0.962 bits per heavy atom. The summed E-state index contributed by atoms with van der Waals surface area (Å²) < 4.78 is 16.1. The number of aliphatic carboxylic acids is 3. The van der Waals surface area contributed by atoms with Gasteiger partial charge < -0.3 is 29.5 Å². The number of carbonyl (C=O) groups is 3. The molecular weight excluding hydrogens is 374 g/mol. The van der Waals surface area contributed by atoms with Crippen LogP contribution in [0.4, 0.5) is 0 Å². The number of carboxylic acid groups (broad SMARTS) is 3. The number of hydrogen-bond donors (Lipinski definition) is 3. The van der Waals surface area contributed by atoms with Gasteiger partial charge in [-0.1, -0.05) is 0 Å². The molecular formula is C15H28ClNO9. The fraction of sp³-hybridized carbons (Fsp3) is 0.800. The van der Waals surface area contributed by atoms with Crippen LogP contribution in [0.25, 0.3) is 0 Å². The molecule has 154 valence electrons. The Kier molecular flexibility index (Phi) is 12.4. The van der Waals surface area contributed by atoms with Gasteiger partial charge in [0.15, 0.2) is 18.3 Å². The second-order valence-corrected chi connectivity index (χ2v) is 5.59. The maximum absolute atomic E-state index is 11.0. The number of ether oxygens (including phenoxy) is 3. The van der Waals surface area contributed by atoms with E-state index in [1.807, 2.05) is 0 Å². The summed E-state index contributed by atoms with van der Waals surface area (Å²) in [6, 6.07) is 0. The molecule has 0 spiro atoms. The molecule has 0 aliphatic carbocycles. The minimum absolute atomic E-state index is 0. The number of carboxylic acids is 3. The summed E-state index contributed by atoms with van der Waals surface area (Å²) in [5.41, 5.74) is 0. The van der Waals surface area contributed by atoms with Gasteiger partial charge in [-0.05, 0) is 41.5 Å². The number of nitrogens with zero attached hydrogens (tertiary/aromatic N) is 1. The lowest BCUT2D eigenvalue weighted by atomic mass is 10.3. The Labute approximate surface area is 158 Å². The van der Waals surface area contributed by atoms with E-state index in [2.05, 4.69) is 0 Å². The van der Waals surface area contributed by atoms with Crippen molar-refractivity contribution < 1.29 is 43.9 Å². The predicted molar refractivity (Wildman–Crippen MR) is 92.0 cm³/mol. The van der Waals surface area contributed by atoms with E-state index in [1.165, 1.54) is 46.4 Å². The van der Waals surface area contributed by atoms with Crippen LogP contribution in [0.2, 0.25) is 0 Å². The van der Waals surface area contributed by atoms with Gasteiger partial charge in [-0.3, -0.25) is 0 Å². The minimum atomic E-state index is -1.17. The predicted octanol–water partition coefficient (Wildman–Crippen LogP) is 1.22. The summed E-state index contributed by atoms with van der Waals surface area (Å²) in [5, 5.41) is 26.9. The van der Waals surface area contributed by atoms with Gasteiger partial charge in [0.1, 0.15) is 18.7 Å². The standard InChI is InChI=1S/C15H27NO9.ClH/c1-7(13(17)18)23-10(4)16(11(5)24-8(2)14(19)20)12(6)25-9(3)15(21)22;/h7-12H,1-6H3,(H,17,18)(H,19,20)(H,21,22);1H. The van der Waals surface area contributed by atoms with E-state index in [1.54, 1.807) is 0 Å². The first-order valence-corrected chi connectivity index (χ1v) is 7.80. The molecule has 0 aromatic rings. The molecule has 11 heteroatoms. The van der Waals surface area contributed by atoms with E-state index in [0.717, 1.165) is 0 Å². The number of halogens is 1. The molecule has 26 heavy (non-hydrogen) atoms. The molecule has 0 heterocycles. The van der Waals surface area contributed by atoms with Crippen molar-refractivity contribution in [2.45, 2.75) is 78.5 Å². The zero-order valence-electron chi connectivity index (χ0n) is 15.6. The van der Waals surface area contributed by atoms with Gasteiger partial charge in [0.2, 0.25) is 0 Å². The summed E-state index contributed by atoms with van der Waals surface area (Å²) in [6.45, 7) is 8.64. The van der Waals surface area contributed by atoms with Gasteiger partial charge in [-0.15, -0.1) is 12.4 Å². The maximum atomic E-state index is 11.0. The molecule has 0 aromatic carbocycles. The van der Waals surface area contributed by atoms with E-state index in [9.17, 15) is 14.4 Å². The monoisotopic (exact) mass is 401 g/mol. The lowest BCUT2D eigenvalue weighted by Gasteiger charge is -2.39. The molecule has 0 saturated carbocycles. The average Bonchev–Trinajstić information content (AvgIpc) is 2.46. The third kappa shape index (κ3) is 8.77. The molecule has 0 amide bonds. The van der Waals surface area contributed by atoms with Gasteiger partial charge in [0.25, 0.3) is 0 Å². The average molecular weight is 402 g/mol. The van der Waals surface area contributed by atoms with Gasteiger partial charge in [-0.2, -0.15) is 0 Å². The van der Waals surface area contributed by atoms with E-state index in [-0.39, 0.29) is 12.4 Å². The summed E-state index contributed by atoms with van der Waals surface area (Å²) >= 11 is 0. The fourth-order valence-electron chi connectivity index (χ4n) is 2.16. The summed E-state index contributed by atoms with van der Waals surface area (Å²) in [7, 11) is 0. The molecule has 0 aromatic heterocycles. The maximum Gasteiger partial charge on any atom is 0.332 e. The molecule has 3 N–H and O–H groups in total. The van der Waals surface area contributed by atoms with Gasteiger partial charge >= 0.3 is 17.9 Å². The van der Waals surface area contributed by atoms with Crippen molar-refractivity contribution in [2.75, 3.05) is 0 Å². The van der Waals surface area contributed by atoms with Crippen molar-refractivity contribution in [3.8, 4) is 0 Å². The Morgan fingerprint density at radius 2 is 0.808 bits per heavy atom. The quantitative estimate of drug-likeness (QED) is 0.408. The topological polar surface area (TPSA) is 143 Å². The molecule has 0 fully saturated rings. The summed E-state index contributed by atoms with van der Waals surface area (Å²) in [5.74, 6) is -3.52. The van der Waals surface area contributed by atoms with Crippen LogP contribution in [-0.2, 0) is 28.6 Å². The molecule has 0 aliphatic heterocycles. The third-order valence-corrected chi connectivity index (χ3v) is 3.51. The smallest absolute Gasteiger partial charge is 0.332 e. The highest BCUT2D eigenvalue weighted by molar-refractivity contribution is 5.85. The van der Waals surface area contributed by atoms with Crippen LogP contribution in [0, 0.1) is 0 Å². The van der Waals surface area contributed by atoms with Crippen LogP contribution in [0.15, 0.2) is 0 Å². The lowest BCUT2D eigenvalue weighted by Crippen LogP contribution is -2.53. The SMILES string of the molecule is CC(OC(C)N(C(C)OC(C)C(=O)O)C(C)OC(C)C(=O)O)C(=O)O.Cl. The normalized spacial score (nSPS) is 18.1. The van der Waals surface area contributed by atoms with E-state index < -0.39 is 54.9 Å². The van der Waals surface area contributed by atoms with Gasteiger partial charge in [-0.25, -0.2) is 19.3 Å². The Morgan fingerprint density at radius 1 is 0.615 bits per heavy atom. The Bertz CT molecular complexity index is 409. The zero-order valence-corrected chi connectivity index (χ0v) is 16.4. The first-order valence-electron chi connectivity index (χ1n) is 7.80. The molecule has 6 unspecified atom stereocenters. The molecule has 6 atom stereocenters. The third-order valence-electron chi connectivity index (χ3n) is 3.51. The molecule has 0 aliphatic rings. The Hall–Kier alpha value is -1.46. The first kappa shape index (κ1) is 26.8. The molecule has 0 radical (unpaired) electrons. The molecule has 0 bridgehead atoms. The van der Waals surface area contributed by atoms with Gasteiger partial charge in [0, 0.05) is 0 Å². The summed E-state index contributed by atoms with van der Waals surface area (Å²) in [6.07, 6.45) is -5.95. The van der Waals surface area contributed by atoms with E-state index >= 15 is 0 Å². The highest BCUT2D eigenvalue weighted by atomic mass is 35.5. The molecule has 0 saturated heterocycles. The fourth-order valence-corrected chi connectivity index (χ4v) is 2.16. The van der Waals surface area contributed by atoms with Crippen LogP contribution in [0.1, 0.15) is 41.5 Å². The minimum Gasteiger partial charge on any atom is -0.479 e. The van der Waals surface area contributed by atoms with Crippen molar-refractivity contribution in [3.05, 3.63) is 0 Å². The van der Waals surface area contributed by atoms with Crippen LogP contribution in [-0.4, -0.2) is 75.1 Å². The summed E-state index contributed by atoms with van der Waals surface area (Å²) in [4.78, 5) is 34.3. The Balaban J connectivity index is 0. The van der Waals surface area contributed by atoms with Crippen LogP contribution in [0.5, 0.6) is 0 Å². The molecule has 0 rings (SSSR count). The highest BCUT2D eigenvalue weighted by Crippen LogP contribution is 2.18. The zero-order chi connectivity index (χ0) is 19.9. The van der Waals surface area contributed by atoms with Crippen LogP contribution in [0.3, 0.4) is 0 Å². The van der Waals surface area contributed by atoms with Crippen molar-refractivity contribution in [3.63, 3.8) is 0 Å². The van der Waals surface area contributed by atoms with Crippen molar-refractivity contribution in [2.24, 2.45) is 0 Å². The lowest BCUT2D eigenvalue weighted by molar-refractivity contribution is -0.238. The highest BCUT2D eigenvalue weighted by Gasteiger charge is 2.33. The first-order chi connectivity index (χ1) is 11.4. The van der Waals surface area contributed by atoms with Crippen molar-refractivity contribution in [1.29, 1.82) is 0 Å². The van der Waals surface area contributed by atoms with Crippen LogP contribution >= 0.6 is 12.4 Å². The van der Waals surface area contributed by atoms with E-state index in [0.29, 0.717) is 0 Å². The molecule has 10 nitrogen and oxygen atoms in total. The van der Waals surface area contributed by atoms with Crippen molar-refractivity contribution >= 4 is 30.3 Å².